The van der Waals surface area contributed by atoms with Crippen LogP contribution in [0.3, 0.4) is 0 Å². The van der Waals surface area contributed by atoms with Crippen LogP contribution in [-0.2, 0) is 27.5 Å². The Morgan fingerprint density at radius 3 is 2.33 bits per heavy atom. The molecule has 0 spiro atoms. The summed E-state index contributed by atoms with van der Waals surface area (Å²) < 4.78 is 11.6. The molecule has 5 rings (SSSR count). The maximum atomic E-state index is 13.3. The quantitative estimate of drug-likeness (QED) is 0.403. The summed E-state index contributed by atoms with van der Waals surface area (Å²) >= 11 is 0. The topological polar surface area (TPSA) is 105 Å². The lowest BCUT2D eigenvalue weighted by atomic mass is 10.0. The van der Waals surface area contributed by atoms with Gasteiger partial charge in [0.05, 0.1) is 6.54 Å². The lowest BCUT2D eigenvalue weighted by Gasteiger charge is -2.38. The molecular formula is C33H44N4O5. The molecule has 0 bridgehead atoms. The number of nitrogens with zero attached hydrogens (tertiary/aromatic N) is 3. The highest BCUT2D eigenvalue weighted by atomic mass is 16.6. The van der Waals surface area contributed by atoms with Crippen molar-refractivity contribution < 1.29 is 23.9 Å². The SMILES string of the molecule is C[C@H](c1ccc(COc2cccc3c2CN(C(CCC(=O)OC(C)(C)C)C(N)=O)C3=O)cc1)N1CCN(C2CC2)CC1. The number of amides is 2. The summed E-state index contributed by atoms with van der Waals surface area (Å²) in [6.07, 6.45) is 2.81. The van der Waals surface area contributed by atoms with Crippen LogP contribution in [0.1, 0.15) is 86.5 Å². The summed E-state index contributed by atoms with van der Waals surface area (Å²) in [5, 5.41) is 0. The molecule has 9 heteroatoms. The number of carbonyl (C=O) groups excluding carboxylic acids is 3. The molecule has 1 saturated heterocycles. The van der Waals surface area contributed by atoms with E-state index in [4.69, 9.17) is 15.2 Å². The van der Waals surface area contributed by atoms with E-state index < -0.39 is 23.5 Å². The van der Waals surface area contributed by atoms with Crippen molar-refractivity contribution >= 4 is 17.8 Å². The van der Waals surface area contributed by atoms with E-state index in [1.165, 1.54) is 23.3 Å². The Morgan fingerprint density at radius 1 is 1.02 bits per heavy atom. The highest BCUT2D eigenvalue weighted by Crippen LogP contribution is 2.34. The molecule has 226 valence electrons. The molecule has 2 atom stereocenters. The minimum absolute atomic E-state index is 0.0142. The Labute approximate surface area is 248 Å². The third-order valence-corrected chi connectivity index (χ3v) is 8.52. The van der Waals surface area contributed by atoms with E-state index in [1.807, 2.05) is 6.07 Å². The van der Waals surface area contributed by atoms with Crippen LogP contribution in [0.25, 0.3) is 0 Å². The lowest BCUT2D eigenvalue weighted by Crippen LogP contribution is -2.47. The van der Waals surface area contributed by atoms with Crippen molar-refractivity contribution in [3.05, 3.63) is 64.7 Å². The van der Waals surface area contributed by atoms with Crippen molar-refractivity contribution in [2.24, 2.45) is 5.73 Å². The fourth-order valence-corrected chi connectivity index (χ4v) is 6.01. The Balaban J connectivity index is 1.18. The van der Waals surface area contributed by atoms with Crippen LogP contribution in [0.5, 0.6) is 5.75 Å². The van der Waals surface area contributed by atoms with Gasteiger partial charge in [-0.1, -0.05) is 30.3 Å². The van der Waals surface area contributed by atoms with E-state index in [9.17, 15) is 14.4 Å². The van der Waals surface area contributed by atoms with Crippen molar-refractivity contribution in [2.75, 3.05) is 26.2 Å². The molecule has 1 saturated carbocycles. The molecule has 2 heterocycles. The first-order chi connectivity index (χ1) is 20.0. The molecule has 9 nitrogen and oxygen atoms in total. The van der Waals surface area contributed by atoms with Gasteiger partial charge in [0.2, 0.25) is 5.91 Å². The Bertz CT molecular complexity index is 1290. The largest absolute Gasteiger partial charge is 0.489 e. The number of nitrogens with two attached hydrogens (primary N) is 1. The molecule has 2 amide bonds. The van der Waals surface area contributed by atoms with E-state index in [1.54, 1.807) is 32.9 Å². The molecule has 1 aliphatic carbocycles. The van der Waals surface area contributed by atoms with E-state index in [0.717, 1.165) is 43.3 Å². The predicted octanol–water partition coefficient (Wildman–Crippen LogP) is 4.04. The number of ether oxygens (including phenoxy) is 2. The molecule has 0 radical (unpaired) electrons. The third kappa shape index (κ3) is 7.13. The van der Waals surface area contributed by atoms with Crippen molar-refractivity contribution in [1.82, 2.24) is 14.7 Å². The number of primary amides is 1. The molecule has 2 aromatic carbocycles. The number of piperazine rings is 1. The summed E-state index contributed by atoms with van der Waals surface area (Å²) in [7, 11) is 0. The molecular weight excluding hydrogens is 532 g/mol. The van der Waals surface area contributed by atoms with Crippen LogP contribution in [-0.4, -0.2) is 76.3 Å². The molecule has 2 N–H and O–H groups in total. The van der Waals surface area contributed by atoms with Crippen LogP contribution < -0.4 is 10.5 Å². The predicted molar refractivity (Wildman–Crippen MR) is 160 cm³/mol. The van der Waals surface area contributed by atoms with E-state index in [2.05, 4.69) is 41.0 Å². The van der Waals surface area contributed by atoms with Crippen LogP contribution in [0.2, 0.25) is 0 Å². The molecule has 3 aliphatic rings. The van der Waals surface area contributed by atoms with Crippen LogP contribution in [0, 0.1) is 0 Å². The maximum absolute atomic E-state index is 13.3. The zero-order valence-electron chi connectivity index (χ0n) is 25.3. The zero-order valence-corrected chi connectivity index (χ0v) is 25.3. The van der Waals surface area contributed by atoms with Gasteiger partial charge in [-0.25, -0.2) is 0 Å². The van der Waals surface area contributed by atoms with Gasteiger partial charge >= 0.3 is 5.97 Å². The lowest BCUT2D eigenvalue weighted by molar-refractivity contribution is -0.155. The number of esters is 1. The summed E-state index contributed by atoms with van der Waals surface area (Å²) in [4.78, 5) is 44.5. The molecule has 1 unspecified atom stereocenters. The van der Waals surface area contributed by atoms with Gasteiger partial charge in [0.25, 0.3) is 5.91 Å². The monoisotopic (exact) mass is 576 g/mol. The number of rotatable bonds is 11. The Morgan fingerprint density at radius 2 is 1.71 bits per heavy atom. The second-order valence-corrected chi connectivity index (χ2v) is 12.8. The maximum Gasteiger partial charge on any atom is 0.306 e. The van der Waals surface area contributed by atoms with Gasteiger partial charge in [0, 0.05) is 55.8 Å². The number of hydrogen-bond acceptors (Lipinski definition) is 7. The summed E-state index contributed by atoms with van der Waals surface area (Å²) in [5.41, 5.74) is 8.59. The molecule has 2 fully saturated rings. The first-order valence-electron chi connectivity index (χ1n) is 15.1. The van der Waals surface area contributed by atoms with Crippen LogP contribution in [0.4, 0.5) is 0 Å². The molecule has 2 aromatic rings. The van der Waals surface area contributed by atoms with Crippen molar-refractivity contribution in [3.63, 3.8) is 0 Å². The molecule has 0 aromatic heterocycles. The average Bonchev–Trinajstić information content (AvgIpc) is 3.75. The number of fused-ring (bicyclic) bond motifs is 1. The molecule has 2 aliphatic heterocycles. The van der Waals surface area contributed by atoms with Gasteiger partial charge in [0.1, 0.15) is 24.0 Å². The van der Waals surface area contributed by atoms with Gasteiger partial charge in [-0.2, -0.15) is 0 Å². The highest BCUT2D eigenvalue weighted by Gasteiger charge is 2.37. The average molecular weight is 577 g/mol. The summed E-state index contributed by atoms with van der Waals surface area (Å²) in [5.74, 6) is -0.774. The minimum Gasteiger partial charge on any atom is -0.489 e. The highest BCUT2D eigenvalue weighted by molar-refractivity contribution is 6.01. The second-order valence-electron chi connectivity index (χ2n) is 12.8. The van der Waals surface area contributed by atoms with Gasteiger partial charge in [0.15, 0.2) is 0 Å². The Hall–Kier alpha value is -3.43. The van der Waals surface area contributed by atoms with Gasteiger partial charge in [-0.05, 0) is 70.2 Å². The second kappa shape index (κ2) is 12.4. The zero-order chi connectivity index (χ0) is 30.0. The Kier molecular flexibility index (Phi) is 8.89. The van der Waals surface area contributed by atoms with Crippen LogP contribution >= 0.6 is 0 Å². The first kappa shape index (κ1) is 30.0. The van der Waals surface area contributed by atoms with Gasteiger partial charge in [-0.3, -0.25) is 24.2 Å². The fourth-order valence-electron chi connectivity index (χ4n) is 6.01. The van der Waals surface area contributed by atoms with Crippen molar-refractivity contribution in [2.45, 2.75) is 90.3 Å². The number of hydrogen-bond donors (Lipinski definition) is 1. The summed E-state index contributed by atoms with van der Waals surface area (Å²) in [6.45, 7) is 12.7. The van der Waals surface area contributed by atoms with Gasteiger partial charge in [-0.15, -0.1) is 0 Å². The van der Waals surface area contributed by atoms with E-state index >= 15 is 0 Å². The fraction of sp³-hybridized carbons (Fsp3) is 0.545. The molecule has 42 heavy (non-hydrogen) atoms. The summed E-state index contributed by atoms with van der Waals surface area (Å²) in [6, 6.07) is 14.2. The third-order valence-electron chi connectivity index (χ3n) is 8.52. The standard InChI is InChI=1S/C33H44N4O5/c1-22(35-16-18-36(19-17-35)25-12-13-25)24-10-8-23(9-11-24)21-41-29-7-5-6-26-27(29)20-37(32(26)40)28(31(34)39)14-15-30(38)42-33(2,3)4/h5-11,22,25,28H,12-21H2,1-4H3,(H2,34,39)/t22-,28?/m1/s1. The van der Waals surface area contributed by atoms with E-state index in [-0.39, 0.29) is 25.3 Å². The van der Waals surface area contributed by atoms with Crippen LogP contribution in [0.15, 0.2) is 42.5 Å². The number of benzene rings is 2. The normalized spacial score (nSPS) is 19.3. The van der Waals surface area contributed by atoms with Crippen molar-refractivity contribution in [1.29, 1.82) is 0 Å². The smallest absolute Gasteiger partial charge is 0.306 e. The first-order valence-corrected chi connectivity index (χ1v) is 15.1. The van der Waals surface area contributed by atoms with Crippen molar-refractivity contribution in [3.8, 4) is 5.75 Å². The minimum atomic E-state index is -0.920. The number of carbonyl (C=O) groups is 3. The van der Waals surface area contributed by atoms with E-state index in [0.29, 0.717) is 24.0 Å². The van der Waals surface area contributed by atoms with Gasteiger partial charge < -0.3 is 20.1 Å².